The van der Waals surface area contributed by atoms with Gasteiger partial charge in [-0.3, -0.25) is 19.2 Å². The number of aliphatic carboxylic acids is 5. The molecule has 0 aliphatic rings. The third-order valence-corrected chi connectivity index (χ3v) is 6.37. The number of hydrogen-bond donors (Lipinski definition) is 10. The van der Waals surface area contributed by atoms with Crippen LogP contribution in [0.4, 0.5) is 9.18 Å². The van der Waals surface area contributed by atoms with Gasteiger partial charge in [-0.15, -0.1) is 0 Å². The Morgan fingerprint density at radius 3 is 1.69 bits per heavy atom. The Balaban J connectivity index is 2.46. The molecule has 1 heterocycles. The van der Waals surface area contributed by atoms with E-state index in [0.717, 1.165) is 18.3 Å². The highest BCUT2D eigenvalue weighted by molar-refractivity contribution is 5.96. The monoisotopic (exact) mass is 685 g/mol. The quantitative estimate of drug-likeness (QED) is 0.0490. The van der Waals surface area contributed by atoms with Gasteiger partial charge in [-0.1, -0.05) is 0 Å². The topological polar surface area (TPSA) is 328 Å². The first kappa shape index (κ1) is 40.1. The maximum absolute atomic E-state index is 12.9. The lowest BCUT2D eigenvalue weighted by atomic mass is 10.1. The second-order valence-electron chi connectivity index (χ2n) is 10.1. The van der Waals surface area contributed by atoms with E-state index in [1.165, 1.54) is 0 Å². The summed E-state index contributed by atoms with van der Waals surface area (Å²) < 4.78 is 12.9. The number of amides is 5. The van der Waals surface area contributed by atoms with E-state index in [-0.39, 0.29) is 44.2 Å². The molecule has 1 aromatic rings. The van der Waals surface area contributed by atoms with E-state index in [9.17, 15) is 62.9 Å². The Morgan fingerprint density at radius 1 is 0.646 bits per heavy atom. The van der Waals surface area contributed by atoms with Crippen molar-refractivity contribution in [2.24, 2.45) is 0 Å². The van der Waals surface area contributed by atoms with Gasteiger partial charge < -0.3 is 52.1 Å². The number of nitrogens with one attached hydrogen (secondary N) is 5. The molecule has 20 nitrogen and oxygen atoms in total. The molecule has 5 amide bonds. The zero-order valence-corrected chi connectivity index (χ0v) is 25.1. The fourth-order valence-corrected chi connectivity index (χ4v) is 3.86. The minimum atomic E-state index is -1.79. The molecule has 21 heteroatoms. The molecule has 0 aliphatic heterocycles. The van der Waals surface area contributed by atoms with E-state index >= 15 is 0 Å². The van der Waals surface area contributed by atoms with Crippen LogP contribution in [0.5, 0.6) is 0 Å². The normalized spacial score (nSPS) is 13.0. The molecule has 0 spiro atoms. The predicted molar refractivity (Wildman–Crippen MR) is 155 cm³/mol. The van der Waals surface area contributed by atoms with Crippen molar-refractivity contribution in [3.63, 3.8) is 0 Å². The molecule has 0 fully saturated rings. The van der Waals surface area contributed by atoms with E-state index in [2.05, 4.69) is 20.9 Å². The summed E-state index contributed by atoms with van der Waals surface area (Å²) >= 11 is 0. The standard InChI is InChI=1S/C27H35FN6O14/c28-18-7-4-13(12-30-18)22(39)32-16(25(44)45)6-9-20(36)31-15(24(42)43)5-8-19(35)29-10-2-1-3-14(23(40)41)33-27(48)34-17(26(46)47)11-21(37)38/h4,7,12,14-17H,1-3,5-6,8-11H2,(H,29,35)(H,31,36)(H,32,39)(H,37,38)(H,40,41)(H,42,43)(H,44,45)(H,46,47)(H2,33,34,48)/t14-,15-,16-,17-/m0/s1/i28-1. The van der Waals surface area contributed by atoms with E-state index in [1.807, 2.05) is 10.6 Å². The fraction of sp³-hybridized carbons (Fsp3) is 0.481. The van der Waals surface area contributed by atoms with Crippen LogP contribution in [0.3, 0.4) is 0 Å². The first-order chi connectivity index (χ1) is 22.5. The second kappa shape index (κ2) is 20.3. The fourth-order valence-electron chi connectivity index (χ4n) is 3.86. The Bertz CT molecular complexity index is 1360. The second-order valence-corrected chi connectivity index (χ2v) is 10.1. The molecular formula is C27H35FN6O14. The van der Waals surface area contributed by atoms with Crippen molar-refractivity contribution >= 4 is 53.6 Å². The van der Waals surface area contributed by atoms with Crippen LogP contribution in [-0.4, -0.2) is 115 Å². The summed E-state index contributed by atoms with van der Waals surface area (Å²) in [6.45, 7) is 0.0252. The number of pyridine rings is 1. The molecular weight excluding hydrogens is 650 g/mol. The molecule has 1 rings (SSSR count). The minimum absolute atomic E-state index is 0.0252. The first-order valence-corrected chi connectivity index (χ1v) is 14.2. The number of halogens is 1. The maximum Gasteiger partial charge on any atom is 0.326 e. The number of aromatic nitrogens is 1. The summed E-state index contributed by atoms with van der Waals surface area (Å²) in [5, 5.41) is 56.4. The molecule has 0 saturated carbocycles. The van der Waals surface area contributed by atoms with Crippen molar-refractivity contribution in [3.8, 4) is 0 Å². The molecule has 10 N–H and O–H groups in total. The molecule has 0 aliphatic carbocycles. The van der Waals surface area contributed by atoms with Gasteiger partial charge in [0.1, 0.15) is 24.2 Å². The summed E-state index contributed by atoms with van der Waals surface area (Å²) in [6, 6.07) is -5.57. The molecule has 48 heavy (non-hydrogen) atoms. The van der Waals surface area contributed by atoms with Crippen LogP contribution in [0, 0.1) is 5.95 Å². The van der Waals surface area contributed by atoms with Crippen molar-refractivity contribution in [1.82, 2.24) is 31.6 Å². The van der Waals surface area contributed by atoms with Crippen LogP contribution in [-0.2, 0) is 33.6 Å². The summed E-state index contributed by atoms with van der Waals surface area (Å²) in [5.74, 6) is -10.8. The number of carboxylic acid groups (broad SMARTS) is 5. The van der Waals surface area contributed by atoms with Gasteiger partial charge in [0, 0.05) is 25.6 Å². The average Bonchev–Trinajstić information content (AvgIpc) is 2.99. The molecule has 0 saturated heterocycles. The van der Waals surface area contributed by atoms with Gasteiger partial charge in [0.15, 0.2) is 0 Å². The van der Waals surface area contributed by atoms with Crippen LogP contribution in [0.2, 0.25) is 0 Å². The lowest BCUT2D eigenvalue weighted by molar-refractivity contribution is -0.145. The van der Waals surface area contributed by atoms with Gasteiger partial charge in [-0.25, -0.2) is 29.0 Å². The smallest absolute Gasteiger partial charge is 0.326 e. The summed E-state index contributed by atoms with van der Waals surface area (Å²) in [4.78, 5) is 108. The van der Waals surface area contributed by atoms with Crippen molar-refractivity contribution < 1.29 is 73.1 Å². The minimum Gasteiger partial charge on any atom is -0.481 e. The van der Waals surface area contributed by atoms with Gasteiger partial charge in [0.05, 0.1) is 12.0 Å². The molecule has 0 unspecified atom stereocenters. The van der Waals surface area contributed by atoms with Crippen molar-refractivity contribution in [1.29, 1.82) is 0 Å². The molecule has 1 aromatic heterocycles. The van der Waals surface area contributed by atoms with E-state index in [1.54, 1.807) is 0 Å². The van der Waals surface area contributed by atoms with E-state index in [4.69, 9.17) is 10.2 Å². The molecule has 0 bridgehead atoms. The Labute approximate surface area is 270 Å². The van der Waals surface area contributed by atoms with Crippen LogP contribution in [0.15, 0.2) is 18.3 Å². The van der Waals surface area contributed by atoms with E-state index in [0.29, 0.717) is 0 Å². The number of carboxylic acids is 5. The predicted octanol–water partition coefficient (Wildman–Crippen LogP) is -1.50. The van der Waals surface area contributed by atoms with Crippen LogP contribution in [0.25, 0.3) is 0 Å². The molecule has 0 radical (unpaired) electrons. The third-order valence-electron chi connectivity index (χ3n) is 6.37. The number of nitrogens with zero attached hydrogens (tertiary/aromatic N) is 1. The number of carbonyl (C=O) groups excluding carboxylic acids is 4. The SMILES string of the molecule is O=C(O)C[C@H](NC(=O)N[C@@H](CCCCNC(=O)CC[C@H](NC(=O)CC[C@H](NC(=O)c1ccc([18F])nc1)C(=O)O)C(=O)O)C(=O)O)C(=O)O. The van der Waals surface area contributed by atoms with E-state index < -0.39 is 103 Å². The highest BCUT2D eigenvalue weighted by atomic mass is 18.2. The van der Waals surface area contributed by atoms with Crippen molar-refractivity contribution in [2.45, 2.75) is 75.5 Å². The summed E-state index contributed by atoms with van der Waals surface area (Å²) in [6.07, 6.45) is -1.45. The zero-order valence-electron chi connectivity index (χ0n) is 25.1. The van der Waals surface area contributed by atoms with Crippen molar-refractivity contribution in [2.75, 3.05) is 6.54 Å². The van der Waals surface area contributed by atoms with Crippen LogP contribution < -0.4 is 26.6 Å². The van der Waals surface area contributed by atoms with Gasteiger partial charge in [0.25, 0.3) is 5.91 Å². The molecule has 264 valence electrons. The number of hydrogen-bond acceptors (Lipinski definition) is 10. The van der Waals surface area contributed by atoms with Gasteiger partial charge >= 0.3 is 35.9 Å². The third kappa shape index (κ3) is 15.9. The number of unbranched alkanes of at least 4 members (excludes halogenated alkanes) is 1. The largest absolute Gasteiger partial charge is 0.481 e. The Kier molecular flexibility index (Phi) is 17.0. The zero-order chi connectivity index (χ0) is 36.4. The highest BCUT2D eigenvalue weighted by Crippen LogP contribution is 2.06. The summed E-state index contributed by atoms with van der Waals surface area (Å²) in [7, 11) is 0. The van der Waals surface area contributed by atoms with Crippen molar-refractivity contribution in [3.05, 3.63) is 29.8 Å². The Morgan fingerprint density at radius 2 is 1.17 bits per heavy atom. The van der Waals surface area contributed by atoms with Crippen LogP contribution >= 0.6 is 0 Å². The Hall–Kier alpha value is -5.89. The highest BCUT2D eigenvalue weighted by Gasteiger charge is 2.27. The lowest BCUT2D eigenvalue weighted by Gasteiger charge is -2.18. The molecule has 0 aromatic carbocycles. The lowest BCUT2D eigenvalue weighted by Crippen LogP contribution is -2.51. The van der Waals surface area contributed by atoms with Crippen LogP contribution in [0.1, 0.15) is 61.7 Å². The first-order valence-electron chi connectivity index (χ1n) is 14.2. The maximum atomic E-state index is 12.9. The van der Waals surface area contributed by atoms with Gasteiger partial charge in [0.2, 0.25) is 17.8 Å². The van der Waals surface area contributed by atoms with Gasteiger partial charge in [-0.2, -0.15) is 4.39 Å². The number of urea groups is 1. The number of carbonyl (C=O) groups is 9. The number of rotatable bonds is 22. The summed E-state index contributed by atoms with van der Waals surface area (Å²) in [5.41, 5.74) is -0.134. The average molecular weight is 686 g/mol. The van der Waals surface area contributed by atoms with Gasteiger partial charge in [-0.05, 0) is 44.2 Å². The molecule has 4 atom stereocenters.